The van der Waals surface area contributed by atoms with Crippen LogP contribution in [-0.4, -0.2) is 36.6 Å². The third-order valence-electron chi connectivity index (χ3n) is 6.60. The van der Waals surface area contributed by atoms with Gasteiger partial charge in [0, 0.05) is 36.2 Å². The molecule has 2 aromatic carbocycles. The Morgan fingerprint density at radius 3 is 2.64 bits per heavy atom. The first-order valence-corrected chi connectivity index (χ1v) is 13.2. The van der Waals surface area contributed by atoms with Gasteiger partial charge in [0.05, 0.1) is 34.5 Å². The average molecular weight is 553 g/mol. The standard InChI is InChI=1S/C32H24N8O2/c1-20(37-31(41)28-29(33)36-19-26(38-28)24-13-7-17-35-24)30-39-25-12-5-9-22(15-14-21-8-6-16-34-18-21)27(25)32(42)40(30)23-10-3-2-4-11-23/h2-6,8-13,16-20H,7H2,1H3,(H2,33,36)(H,37,41)/t20-/m1/s1. The Labute approximate surface area is 240 Å². The maximum atomic E-state index is 14.2. The molecule has 1 aliphatic heterocycles. The number of nitrogens with two attached hydrogens (primary N) is 1. The summed E-state index contributed by atoms with van der Waals surface area (Å²) in [6, 6.07) is 17.4. The normalized spacial score (nSPS) is 12.8. The van der Waals surface area contributed by atoms with Crippen LogP contribution in [0, 0.1) is 11.8 Å². The number of anilines is 1. The van der Waals surface area contributed by atoms with Gasteiger partial charge in [0.25, 0.3) is 11.5 Å². The van der Waals surface area contributed by atoms with Crippen molar-refractivity contribution in [1.29, 1.82) is 0 Å². The lowest BCUT2D eigenvalue weighted by molar-refractivity contribution is 0.0933. The summed E-state index contributed by atoms with van der Waals surface area (Å²) in [6.45, 7) is 1.74. The van der Waals surface area contributed by atoms with Gasteiger partial charge in [-0.1, -0.05) is 42.2 Å². The molecule has 1 aliphatic rings. The molecule has 5 aromatic rings. The average Bonchev–Trinajstić information content (AvgIpc) is 3.56. The molecule has 0 bridgehead atoms. The second-order valence-electron chi connectivity index (χ2n) is 9.46. The van der Waals surface area contributed by atoms with E-state index in [-0.39, 0.29) is 17.1 Å². The van der Waals surface area contributed by atoms with Crippen molar-refractivity contribution in [3.8, 4) is 17.5 Å². The predicted molar refractivity (Wildman–Crippen MR) is 161 cm³/mol. The predicted octanol–water partition coefficient (Wildman–Crippen LogP) is 3.86. The zero-order chi connectivity index (χ0) is 29.1. The lowest BCUT2D eigenvalue weighted by atomic mass is 10.1. The molecule has 1 amide bonds. The third kappa shape index (κ3) is 5.14. The molecule has 0 aliphatic carbocycles. The zero-order valence-electron chi connectivity index (χ0n) is 22.5. The summed E-state index contributed by atoms with van der Waals surface area (Å²) in [4.78, 5) is 49.3. The van der Waals surface area contributed by atoms with Crippen molar-refractivity contribution in [2.75, 3.05) is 5.73 Å². The molecule has 4 heterocycles. The van der Waals surface area contributed by atoms with Gasteiger partial charge >= 0.3 is 0 Å². The number of hydrogen-bond acceptors (Lipinski definition) is 8. The maximum Gasteiger partial charge on any atom is 0.274 e. The lowest BCUT2D eigenvalue weighted by Gasteiger charge is -2.20. The van der Waals surface area contributed by atoms with E-state index in [9.17, 15) is 9.59 Å². The molecule has 0 unspecified atom stereocenters. The van der Waals surface area contributed by atoms with Crippen molar-refractivity contribution in [2.45, 2.75) is 19.4 Å². The van der Waals surface area contributed by atoms with Gasteiger partial charge in [0.2, 0.25) is 0 Å². The Bertz CT molecular complexity index is 2010. The maximum absolute atomic E-state index is 14.2. The molecule has 0 saturated carbocycles. The fourth-order valence-electron chi connectivity index (χ4n) is 4.60. The number of nitrogen functional groups attached to an aromatic ring is 1. The van der Waals surface area contributed by atoms with Crippen molar-refractivity contribution in [1.82, 2.24) is 29.8 Å². The van der Waals surface area contributed by atoms with Crippen LogP contribution in [-0.2, 0) is 0 Å². The first-order chi connectivity index (χ1) is 20.5. The highest BCUT2D eigenvalue weighted by molar-refractivity contribution is 5.97. The molecule has 0 fully saturated rings. The van der Waals surface area contributed by atoms with Crippen LogP contribution < -0.4 is 16.6 Å². The second-order valence-corrected chi connectivity index (χ2v) is 9.46. The number of fused-ring (bicyclic) bond motifs is 1. The highest BCUT2D eigenvalue weighted by Gasteiger charge is 2.23. The number of carbonyl (C=O) groups excluding carboxylic acids is 1. The molecule has 0 spiro atoms. The van der Waals surface area contributed by atoms with Gasteiger partial charge < -0.3 is 11.1 Å². The van der Waals surface area contributed by atoms with Crippen LogP contribution in [0.15, 0.2) is 95.1 Å². The number of hydrogen-bond donors (Lipinski definition) is 2. The van der Waals surface area contributed by atoms with Crippen LogP contribution in [0.5, 0.6) is 0 Å². The highest BCUT2D eigenvalue weighted by Crippen LogP contribution is 2.22. The summed E-state index contributed by atoms with van der Waals surface area (Å²) < 4.78 is 1.49. The van der Waals surface area contributed by atoms with Gasteiger partial charge in [-0.25, -0.2) is 15.0 Å². The molecule has 3 N–H and O–H groups in total. The zero-order valence-corrected chi connectivity index (χ0v) is 22.5. The van der Waals surface area contributed by atoms with E-state index >= 15 is 0 Å². The summed E-state index contributed by atoms with van der Waals surface area (Å²) in [6.07, 6.45) is 9.13. The molecule has 3 aromatic heterocycles. The number of nitrogens with zero attached hydrogens (tertiary/aromatic N) is 6. The number of nitrogens with one attached hydrogen (secondary N) is 1. The minimum atomic E-state index is -0.714. The van der Waals surface area contributed by atoms with E-state index in [1.54, 1.807) is 61.9 Å². The fourth-order valence-corrected chi connectivity index (χ4v) is 4.60. The number of rotatable bonds is 5. The van der Waals surface area contributed by atoms with Gasteiger partial charge in [-0.3, -0.25) is 24.1 Å². The first-order valence-electron chi connectivity index (χ1n) is 13.2. The fraction of sp³-hybridized carbons (Fsp3) is 0.0938. The first kappa shape index (κ1) is 26.3. The summed E-state index contributed by atoms with van der Waals surface area (Å²) in [7, 11) is 0. The molecular weight excluding hydrogens is 528 g/mol. The van der Waals surface area contributed by atoms with Crippen molar-refractivity contribution < 1.29 is 4.79 Å². The molecule has 204 valence electrons. The Morgan fingerprint density at radius 2 is 1.88 bits per heavy atom. The van der Waals surface area contributed by atoms with Crippen LogP contribution in [0.4, 0.5) is 5.82 Å². The number of amides is 1. The second kappa shape index (κ2) is 11.3. The van der Waals surface area contributed by atoms with Gasteiger partial charge in [-0.05, 0) is 43.3 Å². The monoisotopic (exact) mass is 552 g/mol. The van der Waals surface area contributed by atoms with E-state index in [1.165, 1.54) is 10.8 Å². The topological polar surface area (TPSA) is 141 Å². The van der Waals surface area contributed by atoms with Crippen LogP contribution in [0.1, 0.15) is 52.5 Å². The van der Waals surface area contributed by atoms with E-state index < -0.39 is 11.9 Å². The molecule has 42 heavy (non-hydrogen) atoms. The van der Waals surface area contributed by atoms with Crippen LogP contribution in [0.3, 0.4) is 0 Å². The lowest BCUT2D eigenvalue weighted by Crippen LogP contribution is -2.34. The van der Waals surface area contributed by atoms with Gasteiger partial charge in [0.15, 0.2) is 11.5 Å². The molecule has 6 rings (SSSR count). The van der Waals surface area contributed by atoms with E-state index in [0.29, 0.717) is 45.8 Å². The molecule has 1 atom stereocenters. The third-order valence-corrected chi connectivity index (χ3v) is 6.60. The van der Waals surface area contributed by atoms with Crippen molar-refractivity contribution in [3.63, 3.8) is 0 Å². The number of pyridine rings is 1. The van der Waals surface area contributed by atoms with Gasteiger partial charge in [0.1, 0.15) is 11.5 Å². The van der Waals surface area contributed by atoms with Crippen LogP contribution in [0.2, 0.25) is 0 Å². The van der Waals surface area contributed by atoms with Crippen molar-refractivity contribution >= 4 is 34.5 Å². The largest absolute Gasteiger partial charge is 0.382 e. The van der Waals surface area contributed by atoms with E-state index in [2.05, 4.69) is 37.1 Å². The smallest absolute Gasteiger partial charge is 0.274 e. The van der Waals surface area contributed by atoms with Gasteiger partial charge in [-0.15, -0.1) is 0 Å². The SMILES string of the molecule is C[C@@H](NC(=O)c1nc(C2=CCC=N2)cnc1N)c1nc2cccc(C#Cc3cccnc3)c2c(=O)n1-c1ccccc1. The summed E-state index contributed by atoms with van der Waals surface area (Å²) in [5, 5.41) is 3.27. The number of allylic oxidation sites excluding steroid dienone is 1. The minimum Gasteiger partial charge on any atom is -0.382 e. The summed E-state index contributed by atoms with van der Waals surface area (Å²) >= 11 is 0. The Hall–Kier alpha value is -5.95. The number of para-hydroxylation sites is 1. The van der Waals surface area contributed by atoms with E-state index in [4.69, 9.17) is 10.7 Å². The number of aromatic nitrogens is 5. The number of aliphatic imine (C=N–C) groups is 1. The molecule has 0 saturated heterocycles. The van der Waals surface area contributed by atoms with Crippen molar-refractivity contribution in [3.05, 3.63) is 124 Å². The minimum absolute atomic E-state index is 0.0187. The molecule has 10 heteroatoms. The Balaban J connectivity index is 1.43. The Morgan fingerprint density at radius 1 is 1.02 bits per heavy atom. The van der Waals surface area contributed by atoms with Crippen molar-refractivity contribution in [2.24, 2.45) is 4.99 Å². The van der Waals surface area contributed by atoms with E-state index in [0.717, 1.165) is 5.56 Å². The van der Waals surface area contributed by atoms with Crippen LogP contribution >= 0.6 is 0 Å². The van der Waals surface area contributed by atoms with E-state index in [1.807, 2.05) is 30.3 Å². The quantitative estimate of drug-likeness (QED) is 0.316. The number of benzene rings is 2. The molecule has 0 radical (unpaired) electrons. The highest BCUT2D eigenvalue weighted by atomic mass is 16.2. The van der Waals surface area contributed by atoms with Crippen LogP contribution in [0.25, 0.3) is 22.3 Å². The number of carbonyl (C=O) groups is 1. The van der Waals surface area contributed by atoms with Gasteiger partial charge in [-0.2, -0.15) is 0 Å². The molecular formula is C32H24N8O2. The Kier molecular flexibility index (Phi) is 7.05. The summed E-state index contributed by atoms with van der Waals surface area (Å²) in [5.41, 5.74) is 9.05. The summed E-state index contributed by atoms with van der Waals surface area (Å²) in [5.74, 6) is 5.93. The molecule has 10 nitrogen and oxygen atoms in total.